The number of hydrogen-bond donors (Lipinski definition) is 1. The van der Waals surface area contributed by atoms with Crippen molar-refractivity contribution in [2.24, 2.45) is 0 Å². The average Bonchev–Trinajstić information content (AvgIpc) is 2.64. The molecule has 0 aromatic carbocycles. The van der Waals surface area contributed by atoms with Crippen LogP contribution in [0, 0.1) is 0 Å². The lowest BCUT2D eigenvalue weighted by Crippen LogP contribution is -2.25. The summed E-state index contributed by atoms with van der Waals surface area (Å²) in [4.78, 5) is 0. The minimum atomic E-state index is 0.507. The predicted molar refractivity (Wildman–Crippen MR) is 65.8 cm³/mol. The summed E-state index contributed by atoms with van der Waals surface area (Å²) in [6.07, 6.45) is 6.32. The molecule has 1 rings (SSSR count). The molecular formula is C13H22N2. The van der Waals surface area contributed by atoms with Crippen molar-refractivity contribution >= 4 is 0 Å². The molecule has 1 heterocycles. The predicted octanol–water partition coefficient (Wildman–Crippen LogP) is 2.95. The third-order valence-electron chi connectivity index (χ3n) is 2.54. The van der Waals surface area contributed by atoms with Crippen LogP contribution in [0.4, 0.5) is 0 Å². The van der Waals surface area contributed by atoms with Gasteiger partial charge in [0.05, 0.1) is 0 Å². The van der Waals surface area contributed by atoms with Crippen LogP contribution in [-0.2, 0) is 13.1 Å². The highest BCUT2D eigenvalue weighted by atomic mass is 15.0. The number of nitrogens with one attached hydrogen (secondary N) is 1. The zero-order valence-electron chi connectivity index (χ0n) is 9.87. The molecule has 0 aliphatic carbocycles. The summed E-state index contributed by atoms with van der Waals surface area (Å²) in [5.41, 5.74) is 1.37. The van der Waals surface area contributed by atoms with Crippen LogP contribution in [0.1, 0.15) is 32.4 Å². The Balaban J connectivity index is 2.42. The van der Waals surface area contributed by atoms with Gasteiger partial charge in [-0.25, -0.2) is 0 Å². The summed E-state index contributed by atoms with van der Waals surface area (Å²) < 4.78 is 2.31. The summed E-state index contributed by atoms with van der Waals surface area (Å²) in [6.45, 7) is 10.2. The molecule has 2 nitrogen and oxygen atoms in total. The van der Waals surface area contributed by atoms with E-state index in [-0.39, 0.29) is 0 Å². The molecule has 1 unspecified atom stereocenters. The number of aryl methyl sites for hydroxylation is 1. The fourth-order valence-electron chi connectivity index (χ4n) is 1.68. The Bertz CT molecular complexity index is 288. The van der Waals surface area contributed by atoms with E-state index in [1.807, 2.05) is 6.08 Å². The number of hydrogen-bond acceptors (Lipinski definition) is 1. The van der Waals surface area contributed by atoms with Crippen LogP contribution < -0.4 is 5.32 Å². The lowest BCUT2D eigenvalue weighted by atomic mass is 10.2. The van der Waals surface area contributed by atoms with Crippen molar-refractivity contribution in [3.63, 3.8) is 0 Å². The molecule has 2 heteroatoms. The van der Waals surface area contributed by atoms with Gasteiger partial charge in [-0.05, 0) is 31.9 Å². The molecule has 0 aliphatic heterocycles. The molecule has 0 saturated heterocycles. The molecule has 0 spiro atoms. The van der Waals surface area contributed by atoms with Gasteiger partial charge >= 0.3 is 0 Å². The molecule has 84 valence electrons. The topological polar surface area (TPSA) is 17.0 Å². The van der Waals surface area contributed by atoms with Crippen molar-refractivity contribution in [2.45, 2.75) is 45.8 Å². The van der Waals surface area contributed by atoms with E-state index in [4.69, 9.17) is 0 Å². The van der Waals surface area contributed by atoms with Gasteiger partial charge in [-0.1, -0.05) is 13.0 Å². The van der Waals surface area contributed by atoms with Crippen molar-refractivity contribution < 1.29 is 0 Å². The average molecular weight is 206 g/mol. The molecule has 1 atom stereocenters. The summed E-state index contributed by atoms with van der Waals surface area (Å²) >= 11 is 0. The van der Waals surface area contributed by atoms with Crippen LogP contribution in [0.25, 0.3) is 0 Å². The van der Waals surface area contributed by atoms with Crippen LogP contribution in [0.2, 0.25) is 0 Å². The summed E-state index contributed by atoms with van der Waals surface area (Å²) in [6, 6.07) is 4.81. The summed E-state index contributed by atoms with van der Waals surface area (Å²) in [5, 5.41) is 3.49. The van der Waals surface area contributed by atoms with Gasteiger partial charge in [0.2, 0.25) is 0 Å². The standard InChI is InChI=1S/C13H22N2/c1-4-7-12(3)14-11-13-8-6-10-15(13)9-5-2/h4,6,8,10,12,14H,1,5,7,9,11H2,2-3H3. The first-order valence-corrected chi connectivity index (χ1v) is 5.76. The van der Waals surface area contributed by atoms with Gasteiger partial charge in [0.25, 0.3) is 0 Å². The summed E-state index contributed by atoms with van der Waals surface area (Å²) in [7, 11) is 0. The maximum Gasteiger partial charge on any atom is 0.0361 e. The fourth-order valence-corrected chi connectivity index (χ4v) is 1.68. The van der Waals surface area contributed by atoms with Gasteiger partial charge in [-0.15, -0.1) is 6.58 Å². The molecule has 0 radical (unpaired) electrons. The second-order valence-electron chi connectivity index (χ2n) is 4.00. The zero-order chi connectivity index (χ0) is 11.1. The Labute approximate surface area is 93.0 Å². The maximum absolute atomic E-state index is 3.75. The SMILES string of the molecule is C=CCC(C)NCc1cccn1CCC. The minimum absolute atomic E-state index is 0.507. The van der Waals surface area contributed by atoms with Crippen LogP contribution in [0.3, 0.4) is 0 Å². The lowest BCUT2D eigenvalue weighted by Gasteiger charge is -2.13. The maximum atomic E-state index is 3.75. The van der Waals surface area contributed by atoms with E-state index >= 15 is 0 Å². The zero-order valence-corrected chi connectivity index (χ0v) is 9.87. The second-order valence-corrected chi connectivity index (χ2v) is 4.00. The van der Waals surface area contributed by atoms with Crippen molar-refractivity contribution in [3.05, 3.63) is 36.7 Å². The highest BCUT2D eigenvalue weighted by Crippen LogP contribution is 2.04. The number of rotatable bonds is 7. The molecule has 15 heavy (non-hydrogen) atoms. The van der Waals surface area contributed by atoms with E-state index in [0.29, 0.717) is 6.04 Å². The Morgan fingerprint density at radius 1 is 1.60 bits per heavy atom. The highest BCUT2D eigenvalue weighted by molar-refractivity contribution is 5.07. The second kappa shape index (κ2) is 6.46. The van der Waals surface area contributed by atoms with Gasteiger partial charge in [0.1, 0.15) is 0 Å². The van der Waals surface area contributed by atoms with Crippen molar-refractivity contribution in [2.75, 3.05) is 0 Å². The van der Waals surface area contributed by atoms with Crippen LogP contribution in [-0.4, -0.2) is 10.6 Å². The van der Waals surface area contributed by atoms with E-state index < -0.39 is 0 Å². The summed E-state index contributed by atoms with van der Waals surface area (Å²) in [5.74, 6) is 0. The van der Waals surface area contributed by atoms with E-state index in [9.17, 15) is 0 Å². The van der Waals surface area contributed by atoms with Gasteiger partial charge in [0, 0.05) is 31.0 Å². The highest BCUT2D eigenvalue weighted by Gasteiger charge is 2.02. The van der Waals surface area contributed by atoms with Crippen molar-refractivity contribution in [3.8, 4) is 0 Å². The molecule has 0 amide bonds. The van der Waals surface area contributed by atoms with Gasteiger partial charge in [-0.3, -0.25) is 0 Å². The van der Waals surface area contributed by atoms with E-state index in [0.717, 1.165) is 19.5 Å². The van der Waals surface area contributed by atoms with Crippen molar-refractivity contribution in [1.82, 2.24) is 9.88 Å². The van der Waals surface area contributed by atoms with Gasteiger partial charge in [-0.2, -0.15) is 0 Å². The molecule has 0 fully saturated rings. The van der Waals surface area contributed by atoms with E-state index in [1.165, 1.54) is 12.1 Å². The Hall–Kier alpha value is -1.02. The molecule has 1 aromatic heterocycles. The Kier molecular flexibility index (Phi) is 5.19. The minimum Gasteiger partial charge on any atom is -0.350 e. The monoisotopic (exact) mass is 206 g/mol. The molecule has 0 bridgehead atoms. The molecule has 0 aliphatic rings. The Morgan fingerprint density at radius 3 is 3.07 bits per heavy atom. The number of nitrogens with zero attached hydrogens (tertiary/aromatic N) is 1. The lowest BCUT2D eigenvalue weighted by molar-refractivity contribution is 0.528. The molecular weight excluding hydrogens is 184 g/mol. The largest absolute Gasteiger partial charge is 0.350 e. The normalized spacial score (nSPS) is 12.7. The van der Waals surface area contributed by atoms with E-state index in [2.05, 4.69) is 48.6 Å². The molecule has 0 saturated carbocycles. The van der Waals surface area contributed by atoms with Gasteiger partial charge < -0.3 is 9.88 Å². The van der Waals surface area contributed by atoms with Crippen molar-refractivity contribution in [1.29, 1.82) is 0 Å². The van der Waals surface area contributed by atoms with E-state index in [1.54, 1.807) is 0 Å². The fraction of sp³-hybridized carbons (Fsp3) is 0.538. The van der Waals surface area contributed by atoms with Crippen LogP contribution in [0.5, 0.6) is 0 Å². The van der Waals surface area contributed by atoms with Crippen LogP contribution >= 0.6 is 0 Å². The molecule has 1 aromatic rings. The number of aromatic nitrogens is 1. The molecule has 1 N–H and O–H groups in total. The first-order valence-electron chi connectivity index (χ1n) is 5.76. The van der Waals surface area contributed by atoms with Crippen LogP contribution in [0.15, 0.2) is 31.0 Å². The smallest absolute Gasteiger partial charge is 0.0361 e. The first kappa shape index (κ1) is 12.1. The third-order valence-corrected chi connectivity index (χ3v) is 2.54. The Morgan fingerprint density at radius 2 is 2.40 bits per heavy atom. The van der Waals surface area contributed by atoms with Gasteiger partial charge in [0.15, 0.2) is 0 Å². The quantitative estimate of drug-likeness (QED) is 0.679. The third kappa shape index (κ3) is 3.92. The first-order chi connectivity index (χ1) is 7.27.